The molecular weight excluding hydrogens is 176 g/mol. The lowest BCUT2D eigenvalue weighted by molar-refractivity contribution is -0.268. The van der Waals surface area contributed by atoms with Gasteiger partial charge >= 0.3 is 0 Å². The van der Waals surface area contributed by atoms with Gasteiger partial charge in [0.2, 0.25) is 0 Å². The van der Waals surface area contributed by atoms with Crippen LogP contribution in [0.2, 0.25) is 0 Å². The van der Waals surface area contributed by atoms with E-state index in [9.17, 15) is 5.11 Å². The van der Waals surface area contributed by atoms with Crippen molar-refractivity contribution < 1.29 is 5.11 Å². The van der Waals surface area contributed by atoms with Gasteiger partial charge in [0.25, 0.3) is 0 Å². The van der Waals surface area contributed by atoms with Gasteiger partial charge in [-0.3, -0.25) is 9.80 Å². The molecule has 1 saturated heterocycles. The van der Waals surface area contributed by atoms with E-state index in [1.165, 1.54) is 5.56 Å². The van der Waals surface area contributed by atoms with Crippen LogP contribution < -0.4 is 5.11 Å². The van der Waals surface area contributed by atoms with Crippen molar-refractivity contribution in [2.24, 2.45) is 0 Å². The molecule has 0 amide bonds. The largest absolute Gasteiger partial charge is 0.872 e. The first kappa shape index (κ1) is 9.49. The van der Waals surface area contributed by atoms with E-state index >= 15 is 0 Å². The highest BCUT2D eigenvalue weighted by molar-refractivity contribution is 5.27. The number of rotatable bonds is 1. The third-order valence-electron chi connectivity index (χ3n) is 2.82. The van der Waals surface area contributed by atoms with E-state index in [0.717, 1.165) is 13.1 Å². The minimum absolute atomic E-state index is 0.0806. The van der Waals surface area contributed by atoms with Crippen molar-refractivity contribution in [3.63, 3.8) is 0 Å². The molecule has 0 N–H and O–H groups in total. The predicted octanol–water partition coefficient (Wildman–Crippen LogP) is 0.636. The Hall–Kier alpha value is -1.06. The maximum absolute atomic E-state index is 11.0. The molecule has 0 saturated carbocycles. The summed E-state index contributed by atoms with van der Waals surface area (Å²) in [6.45, 7) is 2.17. The van der Waals surface area contributed by atoms with Gasteiger partial charge in [-0.2, -0.15) is 0 Å². The molecule has 1 heterocycles. The van der Waals surface area contributed by atoms with Crippen LogP contribution in [0.4, 0.5) is 0 Å². The average molecular weight is 191 g/mol. The van der Waals surface area contributed by atoms with Gasteiger partial charge in [-0.05, 0) is 19.7 Å². The van der Waals surface area contributed by atoms with Gasteiger partial charge in [0.1, 0.15) is 0 Å². The quantitative estimate of drug-likeness (QED) is 0.652. The molecule has 1 aliphatic rings. The molecule has 0 unspecified atom stereocenters. The van der Waals surface area contributed by atoms with E-state index in [-0.39, 0.29) is 5.75 Å². The lowest BCUT2D eigenvalue weighted by atomic mass is 10.1. The van der Waals surface area contributed by atoms with Gasteiger partial charge in [-0.15, -0.1) is 5.75 Å². The Kier molecular flexibility index (Phi) is 2.44. The number of benzene rings is 1. The average Bonchev–Trinajstić information content (AvgIpc) is 2.49. The molecule has 1 fully saturated rings. The highest BCUT2D eigenvalue weighted by Gasteiger charge is 2.26. The number of hydrogen-bond acceptors (Lipinski definition) is 3. The summed E-state index contributed by atoms with van der Waals surface area (Å²) in [6.07, 6.45) is 0.329. The molecule has 3 heteroatoms. The summed E-state index contributed by atoms with van der Waals surface area (Å²) in [5, 5.41) is 11.0. The number of hydrogen-bond donors (Lipinski definition) is 0. The van der Waals surface area contributed by atoms with Gasteiger partial charge < -0.3 is 5.11 Å². The second-order valence-corrected chi connectivity index (χ2v) is 3.90. The van der Waals surface area contributed by atoms with Crippen molar-refractivity contribution >= 4 is 0 Å². The SMILES string of the molecule is CN1CCN(C)C1c1ccc([O-])cc1. The van der Waals surface area contributed by atoms with E-state index < -0.39 is 0 Å². The zero-order valence-corrected chi connectivity index (χ0v) is 8.60. The van der Waals surface area contributed by atoms with Crippen molar-refractivity contribution in [2.45, 2.75) is 6.17 Å². The van der Waals surface area contributed by atoms with E-state index in [1.807, 2.05) is 12.1 Å². The van der Waals surface area contributed by atoms with Gasteiger partial charge in [-0.1, -0.05) is 24.3 Å². The third kappa shape index (κ3) is 1.61. The predicted molar refractivity (Wildman–Crippen MR) is 53.9 cm³/mol. The Morgan fingerprint density at radius 1 is 1.07 bits per heavy atom. The fourth-order valence-corrected chi connectivity index (χ4v) is 2.05. The first-order valence-corrected chi connectivity index (χ1v) is 4.86. The van der Waals surface area contributed by atoms with Gasteiger partial charge in [0.05, 0.1) is 6.17 Å². The van der Waals surface area contributed by atoms with Gasteiger partial charge in [-0.25, -0.2) is 0 Å². The zero-order valence-electron chi connectivity index (χ0n) is 8.60. The minimum Gasteiger partial charge on any atom is -0.872 e. The summed E-state index contributed by atoms with van der Waals surface area (Å²) in [5.41, 5.74) is 1.20. The van der Waals surface area contributed by atoms with E-state index in [4.69, 9.17) is 0 Å². The van der Waals surface area contributed by atoms with Crippen molar-refractivity contribution in [3.05, 3.63) is 29.8 Å². The first-order valence-electron chi connectivity index (χ1n) is 4.86. The van der Waals surface area contributed by atoms with E-state index in [0.29, 0.717) is 6.17 Å². The standard InChI is InChI=1S/C11H16N2O/c1-12-7-8-13(2)11(12)9-3-5-10(14)6-4-9/h3-6,11,14H,7-8H2,1-2H3/p-1. The molecule has 0 bridgehead atoms. The Bertz CT molecular complexity index is 300. The summed E-state index contributed by atoms with van der Waals surface area (Å²) in [5.74, 6) is 0.0806. The van der Waals surface area contributed by atoms with Crippen LogP contribution in [0, 0.1) is 0 Å². The van der Waals surface area contributed by atoms with Crippen molar-refractivity contribution in [1.82, 2.24) is 9.80 Å². The Morgan fingerprint density at radius 2 is 1.57 bits per heavy atom. The highest BCUT2D eigenvalue weighted by atomic mass is 16.3. The molecule has 1 aliphatic heterocycles. The fourth-order valence-electron chi connectivity index (χ4n) is 2.05. The molecule has 2 rings (SSSR count). The van der Waals surface area contributed by atoms with Crippen LogP contribution >= 0.6 is 0 Å². The second kappa shape index (κ2) is 3.59. The monoisotopic (exact) mass is 191 g/mol. The Labute approximate surface area is 84.6 Å². The molecule has 0 radical (unpaired) electrons. The molecule has 14 heavy (non-hydrogen) atoms. The number of likely N-dealkylation sites (N-methyl/N-ethyl adjacent to an activating group) is 2. The summed E-state index contributed by atoms with van der Waals surface area (Å²) < 4.78 is 0. The third-order valence-corrected chi connectivity index (χ3v) is 2.82. The van der Waals surface area contributed by atoms with Crippen LogP contribution in [0.15, 0.2) is 24.3 Å². The molecular formula is C11H15N2O-. The fraction of sp³-hybridized carbons (Fsp3) is 0.455. The topological polar surface area (TPSA) is 29.5 Å². The van der Waals surface area contributed by atoms with Gasteiger partial charge in [0, 0.05) is 13.1 Å². The number of nitrogens with zero attached hydrogens (tertiary/aromatic N) is 2. The molecule has 1 aromatic carbocycles. The van der Waals surface area contributed by atoms with Crippen LogP contribution in [-0.4, -0.2) is 37.0 Å². The molecule has 1 aromatic rings. The summed E-state index contributed by atoms with van der Waals surface area (Å²) in [6, 6.07) is 7.11. The summed E-state index contributed by atoms with van der Waals surface area (Å²) in [4.78, 5) is 4.58. The maximum atomic E-state index is 11.0. The van der Waals surface area contributed by atoms with Crippen LogP contribution in [-0.2, 0) is 0 Å². The maximum Gasteiger partial charge on any atom is 0.0882 e. The van der Waals surface area contributed by atoms with Crippen molar-refractivity contribution in [3.8, 4) is 5.75 Å². The van der Waals surface area contributed by atoms with Crippen molar-refractivity contribution in [2.75, 3.05) is 27.2 Å². The molecule has 0 atom stereocenters. The van der Waals surface area contributed by atoms with Crippen LogP contribution in [0.3, 0.4) is 0 Å². The summed E-state index contributed by atoms with van der Waals surface area (Å²) >= 11 is 0. The minimum atomic E-state index is 0.0806. The zero-order chi connectivity index (χ0) is 10.1. The highest BCUT2D eigenvalue weighted by Crippen LogP contribution is 2.27. The van der Waals surface area contributed by atoms with Crippen LogP contribution in [0.5, 0.6) is 5.75 Å². The molecule has 76 valence electrons. The Morgan fingerprint density at radius 3 is 2.07 bits per heavy atom. The second-order valence-electron chi connectivity index (χ2n) is 3.90. The molecule has 3 nitrogen and oxygen atoms in total. The first-order chi connectivity index (χ1) is 6.68. The summed E-state index contributed by atoms with van der Waals surface area (Å²) in [7, 11) is 4.22. The molecule has 0 spiro atoms. The van der Waals surface area contributed by atoms with Crippen molar-refractivity contribution in [1.29, 1.82) is 0 Å². The van der Waals surface area contributed by atoms with Gasteiger partial charge in [0.15, 0.2) is 0 Å². The van der Waals surface area contributed by atoms with E-state index in [2.05, 4.69) is 23.9 Å². The lowest BCUT2D eigenvalue weighted by Gasteiger charge is -2.25. The van der Waals surface area contributed by atoms with Crippen LogP contribution in [0.1, 0.15) is 11.7 Å². The molecule has 0 aliphatic carbocycles. The van der Waals surface area contributed by atoms with E-state index in [1.54, 1.807) is 12.1 Å². The van der Waals surface area contributed by atoms with Crippen LogP contribution in [0.25, 0.3) is 0 Å². The lowest BCUT2D eigenvalue weighted by Crippen LogP contribution is -2.25. The Balaban J connectivity index is 2.25. The normalized spacial score (nSPS) is 20.4. The smallest absolute Gasteiger partial charge is 0.0882 e. The molecule has 0 aromatic heterocycles.